The minimum Gasteiger partial charge on any atom is -0.478 e. The Bertz CT molecular complexity index is 522. The molecule has 0 aromatic rings. The first-order valence-electron chi connectivity index (χ1n) is 9.99. The van der Waals surface area contributed by atoms with Crippen LogP contribution in [0.25, 0.3) is 0 Å². The number of nitrogens with zero attached hydrogens (tertiary/aromatic N) is 1. The first kappa shape index (κ1) is 23.6. The fraction of sp³-hybridized carbons (Fsp3) is 0.682. The van der Waals surface area contributed by atoms with Gasteiger partial charge in [-0.25, -0.2) is 4.79 Å². The van der Waals surface area contributed by atoms with Crippen molar-refractivity contribution < 1.29 is 14.6 Å². The van der Waals surface area contributed by atoms with E-state index in [1.165, 1.54) is 0 Å². The summed E-state index contributed by atoms with van der Waals surface area (Å²) < 4.78 is 6.38. The number of carboxylic acid groups (broad SMARTS) is 1. The zero-order valence-corrected chi connectivity index (χ0v) is 17.7. The van der Waals surface area contributed by atoms with E-state index in [1.807, 2.05) is 12.2 Å². The molecular formula is C22H38N2O3. The van der Waals surface area contributed by atoms with Crippen LogP contribution in [0, 0.1) is 0 Å². The Morgan fingerprint density at radius 1 is 1.33 bits per heavy atom. The van der Waals surface area contributed by atoms with Crippen molar-refractivity contribution in [2.24, 2.45) is 0 Å². The van der Waals surface area contributed by atoms with E-state index in [4.69, 9.17) is 4.74 Å². The number of nitrogens with one attached hydrogen (secondary N) is 1. The molecule has 0 aromatic carbocycles. The zero-order valence-electron chi connectivity index (χ0n) is 17.7. The summed E-state index contributed by atoms with van der Waals surface area (Å²) in [6, 6.07) is -0.0377. The summed E-state index contributed by atoms with van der Waals surface area (Å²) >= 11 is 0. The second kappa shape index (κ2) is 10.8. The van der Waals surface area contributed by atoms with Gasteiger partial charge in [-0.3, -0.25) is 4.90 Å². The number of ether oxygens (including phenoxy) is 1. The van der Waals surface area contributed by atoms with Crippen LogP contribution in [0.4, 0.5) is 0 Å². The molecule has 0 bridgehead atoms. The topological polar surface area (TPSA) is 61.8 Å². The van der Waals surface area contributed by atoms with Gasteiger partial charge >= 0.3 is 5.97 Å². The molecule has 0 saturated heterocycles. The predicted octanol–water partition coefficient (Wildman–Crippen LogP) is 3.77. The molecule has 0 spiro atoms. The summed E-state index contributed by atoms with van der Waals surface area (Å²) in [4.78, 5) is 14.0. The van der Waals surface area contributed by atoms with Crippen LogP contribution < -0.4 is 5.32 Å². The second-order valence-corrected chi connectivity index (χ2v) is 8.26. The van der Waals surface area contributed by atoms with Gasteiger partial charge in [-0.1, -0.05) is 26.0 Å². The summed E-state index contributed by atoms with van der Waals surface area (Å²) in [5.41, 5.74) is 0.294. The molecule has 1 aliphatic rings. The van der Waals surface area contributed by atoms with E-state index in [0.29, 0.717) is 25.1 Å². The lowest BCUT2D eigenvalue weighted by Crippen LogP contribution is -2.62. The second-order valence-electron chi connectivity index (χ2n) is 8.26. The maximum atomic E-state index is 11.8. The third-order valence-corrected chi connectivity index (χ3v) is 4.89. The normalized spacial score (nSPS) is 23.4. The maximum Gasteiger partial charge on any atom is 0.331 e. The molecule has 0 radical (unpaired) electrons. The van der Waals surface area contributed by atoms with Gasteiger partial charge in [-0.05, 0) is 46.1 Å². The van der Waals surface area contributed by atoms with Crippen molar-refractivity contribution >= 4 is 5.97 Å². The standard InChI is InChI=1S/C22H38N2O3/c1-8-12-24(13-9-2)18-14-16(21(25)26)15-19(27-17(10-3)11-4)20(18)23-22(5,6)7/h8-9,15,17-20,23H,1-2,10-14H2,3-7H3,(H,25,26)/t18-,19+,20+/m0/s1. The largest absolute Gasteiger partial charge is 0.478 e. The van der Waals surface area contributed by atoms with E-state index in [-0.39, 0.29) is 29.8 Å². The van der Waals surface area contributed by atoms with Crippen LogP contribution >= 0.6 is 0 Å². The lowest BCUT2D eigenvalue weighted by molar-refractivity contribution is -0.133. The third kappa shape index (κ3) is 7.24. The number of aliphatic carboxylic acids is 1. The molecule has 1 aliphatic carbocycles. The van der Waals surface area contributed by atoms with Crippen LogP contribution in [0.1, 0.15) is 53.9 Å². The Morgan fingerprint density at radius 3 is 2.30 bits per heavy atom. The van der Waals surface area contributed by atoms with Gasteiger partial charge in [-0.2, -0.15) is 0 Å². The summed E-state index contributed by atoms with van der Waals surface area (Å²) in [5.74, 6) is -0.871. The lowest BCUT2D eigenvalue weighted by atomic mass is 9.85. The molecule has 0 saturated carbocycles. The molecule has 0 aliphatic heterocycles. The van der Waals surface area contributed by atoms with E-state index in [1.54, 1.807) is 6.08 Å². The van der Waals surface area contributed by atoms with Gasteiger partial charge < -0.3 is 15.2 Å². The minimum atomic E-state index is -0.871. The zero-order chi connectivity index (χ0) is 20.6. The molecule has 2 N–H and O–H groups in total. The van der Waals surface area contributed by atoms with Crippen molar-refractivity contribution in [1.29, 1.82) is 0 Å². The quantitative estimate of drug-likeness (QED) is 0.536. The van der Waals surface area contributed by atoms with Crippen LogP contribution in [0.2, 0.25) is 0 Å². The number of carboxylic acids is 1. The van der Waals surface area contributed by atoms with E-state index in [2.05, 4.69) is 58.0 Å². The molecule has 0 unspecified atom stereocenters. The maximum absolute atomic E-state index is 11.8. The van der Waals surface area contributed by atoms with Crippen molar-refractivity contribution in [1.82, 2.24) is 10.2 Å². The Labute approximate surface area is 165 Å². The summed E-state index contributed by atoms with van der Waals surface area (Å²) in [5, 5.41) is 13.4. The van der Waals surface area contributed by atoms with Crippen molar-refractivity contribution in [3.8, 4) is 0 Å². The fourth-order valence-electron chi connectivity index (χ4n) is 3.64. The Balaban J connectivity index is 3.34. The van der Waals surface area contributed by atoms with Crippen LogP contribution in [-0.2, 0) is 9.53 Å². The molecule has 0 fully saturated rings. The van der Waals surface area contributed by atoms with Gasteiger partial charge in [-0.15, -0.1) is 13.2 Å². The van der Waals surface area contributed by atoms with Crippen molar-refractivity contribution in [2.45, 2.75) is 83.7 Å². The SMILES string of the molecule is C=CCN(CC=C)[C@H]1CC(C(=O)O)=C[C@@H](OC(CC)CC)[C@@H]1NC(C)(C)C. The number of carbonyl (C=O) groups is 1. The van der Waals surface area contributed by atoms with Gasteiger partial charge in [0.2, 0.25) is 0 Å². The predicted molar refractivity (Wildman–Crippen MR) is 112 cm³/mol. The van der Waals surface area contributed by atoms with Crippen LogP contribution in [-0.4, -0.2) is 58.9 Å². The Kier molecular flexibility index (Phi) is 9.43. The molecule has 0 amide bonds. The summed E-state index contributed by atoms with van der Waals surface area (Å²) in [7, 11) is 0. The number of hydrogen-bond acceptors (Lipinski definition) is 4. The average Bonchev–Trinajstić information content (AvgIpc) is 2.59. The van der Waals surface area contributed by atoms with Crippen LogP contribution in [0.5, 0.6) is 0 Å². The van der Waals surface area contributed by atoms with Crippen molar-refractivity contribution in [3.63, 3.8) is 0 Å². The smallest absolute Gasteiger partial charge is 0.331 e. The molecule has 5 heteroatoms. The van der Waals surface area contributed by atoms with E-state index in [0.717, 1.165) is 12.8 Å². The van der Waals surface area contributed by atoms with Gasteiger partial charge in [0, 0.05) is 30.2 Å². The van der Waals surface area contributed by atoms with Gasteiger partial charge in [0.05, 0.1) is 18.2 Å². The lowest BCUT2D eigenvalue weighted by Gasteiger charge is -2.45. The van der Waals surface area contributed by atoms with E-state index >= 15 is 0 Å². The fourth-order valence-corrected chi connectivity index (χ4v) is 3.64. The first-order valence-corrected chi connectivity index (χ1v) is 9.99. The summed E-state index contributed by atoms with van der Waals surface area (Å²) in [6.45, 7) is 19.7. The molecule has 154 valence electrons. The number of rotatable bonds is 11. The molecule has 0 heterocycles. The highest BCUT2D eigenvalue weighted by Gasteiger charge is 2.40. The van der Waals surface area contributed by atoms with Gasteiger partial charge in [0.1, 0.15) is 0 Å². The molecule has 1 rings (SSSR count). The summed E-state index contributed by atoms with van der Waals surface area (Å²) in [6.07, 6.45) is 7.60. The first-order chi connectivity index (χ1) is 12.7. The minimum absolute atomic E-state index is 0.0179. The van der Waals surface area contributed by atoms with Crippen LogP contribution in [0.15, 0.2) is 37.0 Å². The van der Waals surface area contributed by atoms with Gasteiger partial charge in [0.15, 0.2) is 0 Å². The van der Waals surface area contributed by atoms with Crippen molar-refractivity contribution in [3.05, 3.63) is 37.0 Å². The Morgan fingerprint density at radius 2 is 1.89 bits per heavy atom. The van der Waals surface area contributed by atoms with Gasteiger partial charge in [0.25, 0.3) is 0 Å². The molecule has 27 heavy (non-hydrogen) atoms. The highest BCUT2D eigenvalue weighted by atomic mass is 16.5. The van der Waals surface area contributed by atoms with Crippen molar-refractivity contribution in [2.75, 3.05) is 13.1 Å². The van der Waals surface area contributed by atoms with E-state index < -0.39 is 5.97 Å². The number of hydrogen-bond donors (Lipinski definition) is 2. The monoisotopic (exact) mass is 378 g/mol. The average molecular weight is 379 g/mol. The molecule has 5 nitrogen and oxygen atoms in total. The molecule has 3 atom stereocenters. The van der Waals surface area contributed by atoms with E-state index in [9.17, 15) is 9.90 Å². The molecule has 0 aromatic heterocycles. The third-order valence-electron chi connectivity index (χ3n) is 4.89. The highest BCUT2D eigenvalue weighted by Crippen LogP contribution is 2.29. The molecular weight excluding hydrogens is 340 g/mol. The van der Waals surface area contributed by atoms with Crippen LogP contribution in [0.3, 0.4) is 0 Å². The highest BCUT2D eigenvalue weighted by molar-refractivity contribution is 5.87. The Hall–Kier alpha value is -1.43.